The van der Waals surface area contributed by atoms with E-state index in [9.17, 15) is 20.7 Å². The minimum Gasteiger partial charge on any atom is -0.472 e. The molecule has 0 radical (unpaired) electrons. The van der Waals surface area contributed by atoms with Gasteiger partial charge in [-0.15, -0.1) is 0 Å². The van der Waals surface area contributed by atoms with Crippen LogP contribution in [-0.2, 0) is 39.1 Å². The van der Waals surface area contributed by atoms with Crippen molar-refractivity contribution in [3.8, 4) is 46.8 Å². The summed E-state index contributed by atoms with van der Waals surface area (Å²) < 4.78 is 27.2. The number of aliphatic hydroxyl groups is 2. The van der Waals surface area contributed by atoms with E-state index in [2.05, 4.69) is 101 Å². The van der Waals surface area contributed by atoms with Gasteiger partial charge in [0.2, 0.25) is 23.5 Å². The predicted molar refractivity (Wildman–Crippen MR) is 243 cm³/mol. The summed E-state index contributed by atoms with van der Waals surface area (Å²) >= 11 is 7.40. The Balaban J connectivity index is 1.02. The van der Waals surface area contributed by atoms with Crippen LogP contribution in [0.5, 0.6) is 23.5 Å². The molecular formula is C48H44Br2N8O6. The second-order valence-corrected chi connectivity index (χ2v) is 17.0. The highest BCUT2D eigenvalue weighted by atomic mass is 79.9. The number of nitrogens with zero attached hydrogens (tertiary/aromatic N) is 6. The van der Waals surface area contributed by atoms with Crippen molar-refractivity contribution in [2.45, 2.75) is 64.2 Å². The normalized spacial score (nSPS) is 14.9. The van der Waals surface area contributed by atoms with Gasteiger partial charge in [0.1, 0.15) is 37.6 Å². The minimum absolute atomic E-state index is 0.00392. The van der Waals surface area contributed by atoms with Crippen molar-refractivity contribution in [1.29, 1.82) is 10.5 Å². The van der Waals surface area contributed by atoms with Gasteiger partial charge in [0.05, 0.1) is 33.3 Å². The van der Waals surface area contributed by atoms with Gasteiger partial charge < -0.3 is 39.8 Å². The van der Waals surface area contributed by atoms with Gasteiger partial charge in [0, 0.05) is 73.2 Å². The Kier molecular flexibility index (Phi) is 14.7. The third kappa shape index (κ3) is 10.3. The lowest BCUT2D eigenvalue weighted by Gasteiger charge is -2.20. The van der Waals surface area contributed by atoms with Crippen LogP contribution in [0.15, 0.2) is 94.4 Å². The number of hydrogen-bond donors (Lipinski definition) is 4. The third-order valence-electron chi connectivity index (χ3n) is 11.0. The number of nitrogens with one attached hydrogen (secondary N) is 2. The maximum absolute atomic E-state index is 9.36. The van der Waals surface area contributed by atoms with E-state index >= 15 is 0 Å². The molecule has 0 spiro atoms. The zero-order chi connectivity index (χ0) is 44.4. The number of benzene rings is 2. The summed E-state index contributed by atoms with van der Waals surface area (Å²) in [7, 11) is 0. The van der Waals surface area contributed by atoms with Crippen LogP contribution in [0.3, 0.4) is 0 Å². The third-order valence-corrected chi connectivity index (χ3v) is 12.1. The lowest BCUT2D eigenvalue weighted by molar-refractivity contribution is 0.192. The first-order chi connectivity index (χ1) is 31.3. The molecule has 2 atom stereocenters. The Morgan fingerprint density at radius 3 is 1.50 bits per heavy atom. The number of aliphatic hydroxyl groups excluding tert-OH is 2. The molecule has 2 aromatic carbocycles. The Morgan fingerprint density at radius 1 is 0.625 bits per heavy atom. The number of halogens is 2. The van der Waals surface area contributed by atoms with Crippen molar-refractivity contribution in [1.82, 2.24) is 30.6 Å². The van der Waals surface area contributed by atoms with Crippen LogP contribution in [-0.4, -0.2) is 56.5 Å². The minimum atomic E-state index is -0.248. The van der Waals surface area contributed by atoms with Crippen LogP contribution in [0, 0.1) is 22.7 Å². The molecule has 2 aliphatic rings. The van der Waals surface area contributed by atoms with E-state index < -0.39 is 0 Å². The molecule has 2 aliphatic carbocycles. The molecular weight excluding hydrogens is 944 g/mol. The smallest absolute Gasteiger partial charge is 0.231 e. The van der Waals surface area contributed by atoms with Crippen molar-refractivity contribution in [3.63, 3.8) is 0 Å². The Morgan fingerprint density at radius 2 is 1.08 bits per heavy atom. The van der Waals surface area contributed by atoms with Crippen LogP contribution in [0.2, 0.25) is 0 Å². The number of ether oxygens (including phenoxy) is 4. The molecule has 8 rings (SSSR count). The molecule has 0 saturated heterocycles. The molecule has 6 aromatic rings. The van der Waals surface area contributed by atoms with Crippen LogP contribution < -0.4 is 29.6 Å². The van der Waals surface area contributed by atoms with Gasteiger partial charge >= 0.3 is 0 Å². The maximum atomic E-state index is 9.36. The number of hydrogen-bond acceptors (Lipinski definition) is 14. The lowest BCUT2D eigenvalue weighted by Crippen LogP contribution is -2.18. The molecule has 4 aromatic heterocycles. The van der Waals surface area contributed by atoms with Crippen molar-refractivity contribution in [3.05, 3.63) is 150 Å². The van der Waals surface area contributed by atoms with E-state index in [0.717, 1.165) is 59.1 Å². The SMILES string of the molecule is N#Cc1cncc(COc2nc(O[C@H]3CCc4c(-c5cccc6c5CC[C@@H]6Oc5nc(OCc6cncc(C#N)c6)c(CNCCO)cc5Br)cccc43)c(Br)cc2CNCCO)c1. The van der Waals surface area contributed by atoms with E-state index in [1.165, 1.54) is 34.6 Å². The molecule has 0 aliphatic heterocycles. The van der Waals surface area contributed by atoms with Gasteiger partial charge in [-0.25, -0.2) is 0 Å². The van der Waals surface area contributed by atoms with Crippen LogP contribution in [0.1, 0.15) is 80.7 Å². The Labute approximate surface area is 387 Å². The fourth-order valence-electron chi connectivity index (χ4n) is 8.07. The average Bonchev–Trinajstić information content (AvgIpc) is 3.94. The average molecular weight is 989 g/mol. The molecule has 0 fully saturated rings. The maximum Gasteiger partial charge on any atom is 0.231 e. The van der Waals surface area contributed by atoms with Crippen molar-refractivity contribution < 1.29 is 29.2 Å². The number of rotatable bonds is 19. The summed E-state index contributed by atoms with van der Waals surface area (Å²) in [4.78, 5) is 18.0. The quantitative estimate of drug-likeness (QED) is 0.0577. The van der Waals surface area contributed by atoms with Gasteiger partial charge in [-0.2, -0.15) is 20.5 Å². The fraction of sp³-hybridized carbons (Fsp3) is 0.292. The standard InChI is InChI=1S/C48H44Br2N8O6/c49-41-17-33(25-53-11-13-59)45(61-27-31-15-29(19-51)21-55-23-31)57-47(41)63-43-9-7-37-35(3-1-5-39(37)43)36-4-2-6-40-38(36)8-10-44(40)64-48-42(50)18-34(26-54-12-14-60)46(58-48)62-28-32-16-30(20-52)22-56-24-32/h1-6,15-18,21-24,43-44,53-54,59-60H,7-14,25-28H2/t43-,44-/m0/s1. The van der Waals surface area contributed by atoms with Crippen molar-refractivity contribution in [2.75, 3.05) is 26.3 Å². The molecule has 14 nitrogen and oxygen atoms in total. The highest BCUT2D eigenvalue weighted by molar-refractivity contribution is 9.10. The molecule has 4 N–H and O–H groups in total. The molecule has 16 heteroatoms. The van der Waals surface area contributed by atoms with Gasteiger partial charge in [-0.05, 0) is 115 Å². The number of pyridine rings is 4. The number of aromatic nitrogens is 4. The second kappa shape index (κ2) is 21.1. The van der Waals surface area contributed by atoms with Gasteiger partial charge in [-0.1, -0.05) is 36.4 Å². The summed E-state index contributed by atoms with van der Waals surface area (Å²) in [6, 6.07) is 24.3. The molecule has 0 bridgehead atoms. The van der Waals surface area contributed by atoms with Crippen molar-refractivity contribution >= 4 is 31.9 Å². The topological polar surface area (TPSA) is 201 Å². The second-order valence-electron chi connectivity index (χ2n) is 15.3. The first-order valence-electron chi connectivity index (χ1n) is 20.9. The molecule has 326 valence electrons. The van der Waals surface area contributed by atoms with Crippen LogP contribution in [0.4, 0.5) is 0 Å². The first-order valence-corrected chi connectivity index (χ1v) is 22.5. The highest BCUT2D eigenvalue weighted by Crippen LogP contribution is 2.46. The number of nitriles is 2. The molecule has 64 heavy (non-hydrogen) atoms. The van der Waals surface area contributed by atoms with Crippen LogP contribution >= 0.6 is 31.9 Å². The molecule has 0 saturated carbocycles. The van der Waals surface area contributed by atoms with Gasteiger partial charge in [0.15, 0.2) is 0 Å². The van der Waals surface area contributed by atoms with E-state index in [1.807, 2.05) is 12.1 Å². The highest BCUT2D eigenvalue weighted by Gasteiger charge is 2.32. The Bertz CT molecular complexity index is 2540. The first kappa shape index (κ1) is 44.6. The van der Waals surface area contributed by atoms with Crippen molar-refractivity contribution in [2.24, 2.45) is 0 Å². The Hall–Kier alpha value is -5.98. The summed E-state index contributed by atoms with van der Waals surface area (Å²) in [6.45, 7) is 1.96. The fourth-order valence-corrected chi connectivity index (χ4v) is 8.99. The summed E-state index contributed by atoms with van der Waals surface area (Å²) in [6.07, 6.45) is 9.00. The number of fused-ring (bicyclic) bond motifs is 2. The van der Waals surface area contributed by atoms with E-state index in [4.69, 9.17) is 28.9 Å². The molecule has 4 heterocycles. The zero-order valence-corrected chi connectivity index (χ0v) is 37.9. The summed E-state index contributed by atoms with van der Waals surface area (Å²) in [5.41, 5.74) is 10.9. The van der Waals surface area contributed by atoms with E-state index in [0.29, 0.717) is 69.8 Å². The largest absolute Gasteiger partial charge is 0.472 e. The van der Waals surface area contributed by atoms with E-state index in [-0.39, 0.29) is 38.6 Å². The van der Waals surface area contributed by atoms with Gasteiger partial charge in [0.25, 0.3) is 0 Å². The molecule has 0 unspecified atom stereocenters. The summed E-state index contributed by atoms with van der Waals surface area (Å²) in [5, 5.41) is 43.8. The molecule has 0 amide bonds. The van der Waals surface area contributed by atoms with Gasteiger partial charge in [-0.3, -0.25) is 9.97 Å². The van der Waals surface area contributed by atoms with E-state index in [1.54, 1.807) is 24.5 Å². The van der Waals surface area contributed by atoms with Crippen LogP contribution in [0.25, 0.3) is 11.1 Å². The zero-order valence-electron chi connectivity index (χ0n) is 34.7. The monoisotopic (exact) mass is 986 g/mol. The lowest BCUT2D eigenvalue weighted by atomic mass is 9.91. The predicted octanol–water partition coefficient (Wildman–Crippen LogP) is 7.66. The summed E-state index contributed by atoms with van der Waals surface area (Å²) in [5.74, 6) is 1.57.